The first-order valence-corrected chi connectivity index (χ1v) is 6.38. The van der Waals surface area contributed by atoms with Gasteiger partial charge in [0.2, 0.25) is 0 Å². The lowest BCUT2D eigenvalue weighted by Gasteiger charge is -2.10. The Balaban J connectivity index is 2.88. The average molecular weight is 271 g/mol. The van der Waals surface area contributed by atoms with Crippen molar-refractivity contribution >= 4 is 11.7 Å². The highest BCUT2D eigenvalue weighted by Gasteiger charge is 2.11. The Bertz CT molecular complexity index is 400. The molecule has 106 valence electrons. The molecule has 0 aliphatic rings. The van der Waals surface area contributed by atoms with E-state index in [1.165, 1.54) is 0 Å². The summed E-state index contributed by atoms with van der Waals surface area (Å²) in [4.78, 5) is 16.1. The minimum absolute atomic E-state index is 0.357. The number of nitrogens with one attached hydrogen (secondary N) is 2. The van der Waals surface area contributed by atoms with Gasteiger partial charge in [-0.05, 0) is 25.5 Å². The quantitative estimate of drug-likeness (QED) is 0.801. The van der Waals surface area contributed by atoms with Crippen molar-refractivity contribution < 1.29 is 13.6 Å². The largest absolute Gasteiger partial charge is 0.370 e. The first kappa shape index (κ1) is 15.3. The molecule has 1 aromatic heterocycles. The van der Waals surface area contributed by atoms with Gasteiger partial charge in [0.1, 0.15) is 5.82 Å². The summed E-state index contributed by atoms with van der Waals surface area (Å²) >= 11 is 0. The van der Waals surface area contributed by atoms with Gasteiger partial charge in [-0.25, -0.2) is 13.8 Å². The number of halogens is 2. The number of alkyl halides is 2. The lowest BCUT2D eigenvalue weighted by Crippen LogP contribution is -2.28. The van der Waals surface area contributed by atoms with Gasteiger partial charge in [0, 0.05) is 17.8 Å². The Labute approximate surface area is 111 Å². The summed E-state index contributed by atoms with van der Waals surface area (Å²) in [5.74, 6) is 0.0925. The summed E-state index contributed by atoms with van der Waals surface area (Å²) in [5.41, 5.74) is 1.14. The first-order chi connectivity index (χ1) is 9.06. The van der Waals surface area contributed by atoms with Crippen molar-refractivity contribution in [1.82, 2.24) is 10.3 Å². The second-order valence-corrected chi connectivity index (χ2v) is 4.11. The van der Waals surface area contributed by atoms with E-state index in [-0.39, 0.29) is 0 Å². The molecule has 0 aliphatic heterocycles. The molecule has 2 N–H and O–H groups in total. The Kier molecular flexibility index (Phi) is 6.18. The van der Waals surface area contributed by atoms with Crippen molar-refractivity contribution in [3.8, 4) is 0 Å². The van der Waals surface area contributed by atoms with Crippen LogP contribution in [0.25, 0.3) is 0 Å². The molecule has 1 aromatic rings. The maximum Gasteiger partial charge on any atom is 0.255 e. The van der Waals surface area contributed by atoms with E-state index in [4.69, 9.17) is 0 Å². The lowest BCUT2D eigenvalue weighted by molar-refractivity contribution is 0.0891. The van der Waals surface area contributed by atoms with E-state index in [0.29, 0.717) is 17.9 Å². The molecular weight excluding hydrogens is 252 g/mol. The predicted molar refractivity (Wildman–Crippen MR) is 70.7 cm³/mol. The fourth-order valence-corrected chi connectivity index (χ4v) is 1.65. The number of carbonyl (C=O) groups excluding carboxylic acids is 1. The zero-order chi connectivity index (χ0) is 14.3. The first-order valence-electron chi connectivity index (χ1n) is 6.38. The SMILES string of the molecule is CCCc1cc(C(=O)NCC(F)F)cc(NCC)n1. The maximum atomic E-state index is 12.1. The van der Waals surface area contributed by atoms with E-state index in [1.54, 1.807) is 12.1 Å². The van der Waals surface area contributed by atoms with Crippen LogP contribution < -0.4 is 10.6 Å². The molecular formula is C13H19F2N3O. The number of aromatic nitrogens is 1. The molecule has 1 amide bonds. The number of hydrogen-bond donors (Lipinski definition) is 2. The van der Waals surface area contributed by atoms with Crippen LogP contribution in [-0.4, -0.2) is 30.4 Å². The van der Waals surface area contributed by atoms with Gasteiger partial charge in [-0.3, -0.25) is 4.79 Å². The number of hydrogen-bond acceptors (Lipinski definition) is 3. The number of anilines is 1. The van der Waals surface area contributed by atoms with Gasteiger partial charge >= 0.3 is 0 Å². The zero-order valence-electron chi connectivity index (χ0n) is 11.2. The Morgan fingerprint density at radius 1 is 1.37 bits per heavy atom. The van der Waals surface area contributed by atoms with Gasteiger partial charge in [-0.1, -0.05) is 13.3 Å². The van der Waals surface area contributed by atoms with Crippen molar-refractivity contribution in [2.24, 2.45) is 0 Å². The predicted octanol–water partition coefficient (Wildman–Crippen LogP) is 2.46. The highest BCUT2D eigenvalue weighted by atomic mass is 19.3. The summed E-state index contributed by atoms with van der Waals surface area (Å²) in [5, 5.41) is 5.22. The maximum absolute atomic E-state index is 12.1. The standard InChI is InChI=1S/C13H19F2N3O/c1-3-5-10-6-9(7-12(18-10)16-4-2)13(19)17-8-11(14)15/h6-7,11H,3-5,8H2,1-2H3,(H,16,18)(H,17,19). The summed E-state index contributed by atoms with van der Waals surface area (Å²) in [6, 6.07) is 3.22. The fraction of sp³-hybridized carbons (Fsp3) is 0.538. The van der Waals surface area contributed by atoms with Crippen molar-refractivity contribution in [2.45, 2.75) is 33.1 Å². The molecule has 19 heavy (non-hydrogen) atoms. The van der Waals surface area contributed by atoms with Crippen molar-refractivity contribution in [3.63, 3.8) is 0 Å². The summed E-state index contributed by atoms with van der Waals surface area (Å²) in [7, 11) is 0. The van der Waals surface area contributed by atoms with Gasteiger partial charge in [0.15, 0.2) is 0 Å². The molecule has 0 radical (unpaired) electrons. The topological polar surface area (TPSA) is 54.0 Å². The van der Waals surface area contributed by atoms with Crippen LogP contribution in [0.1, 0.15) is 36.3 Å². The van der Waals surface area contributed by atoms with Crippen molar-refractivity contribution in [3.05, 3.63) is 23.4 Å². The number of pyridine rings is 1. The van der Waals surface area contributed by atoms with E-state index in [0.717, 1.165) is 18.5 Å². The van der Waals surface area contributed by atoms with Crippen LogP contribution in [-0.2, 0) is 6.42 Å². The third kappa shape index (κ3) is 5.19. The third-order valence-electron chi connectivity index (χ3n) is 2.42. The van der Waals surface area contributed by atoms with Crippen LogP contribution in [0, 0.1) is 0 Å². The number of aryl methyl sites for hydroxylation is 1. The Hall–Kier alpha value is -1.72. The molecule has 0 aromatic carbocycles. The van der Waals surface area contributed by atoms with Crippen LogP contribution in [0.15, 0.2) is 12.1 Å². The number of nitrogens with zero attached hydrogens (tertiary/aromatic N) is 1. The van der Waals surface area contributed by atoms with Crippen molar-refractivity contribution in [1.29, 1.82) is 0 Å². The van der Waals surface area contributed by atoms with Gasteiger partial charge in [-0.15, -0.1) is 0 Å². The molecule has 4 nitrogen and oxygen atoms in total. The molecule has 0 aliphatic carbocycles. The highest BCUT2D eigenvalue weighted by molar-refractivity contribution is 5.95. The van der Waals surface area contributed by atoms with Gasteiger partial charge in [0.25, 0.3) is 12.3 Å². The molecule has 0 saturated carbocycles. The molecule has 1 heterocycles. The van der Waals surface area contributed by atoms with E-state index in [9.17, 15) is 13.6 Å². The smallest absolute Gasteiger partial charge is 0.255 e. The summed E-state index contributed by atoms with van der Waals surface area (Å²) in [6.07, 6.45) is -0.899. The van der Waals surface area contributed by atoms with Crippen molar-refractivity contribution in [2.75, 3.05) is 18.4 Å². The molecule has 0 spiro atoms. The molecule has 0 bridgehead atoms. The zero-order valence-corrected chi connectivity index (χ0v) is 11.2. The monoisotopic (exact) mass is 271 g/mol. The van der Waals surface area contributed by atoms with Gasteiger partial charge in [0.05, 0.1) is 6.54 Å². The molecule has 0 saturated heterocycles. The van der Waals surface area contributed by atoms with E-state index in [1.807, 2.05) is 13.8 Å². The minimum atomic E-state index is -2.55. The highest BCUT2D eigenvalue weighted by Crippen LogP contribution is 2.12. The van der Waals surface area contributed by atoms with Crippen LogP contribution in [0.2, 0.25) is 0 Å². The minimum Gasteiger partial charge on any atom is -0.370 e. The summed E-state index contributed by atoms with van der Waals surface area (Å²) in [6.45, 7) is 3.98. The van der Waals surface area contributed by atoms with E-state index in [2.05, 4.69) is 15.6 Å². The second kappa shape index (κ2) is 7.66. The average Bonchev–Trinajstić information content (AvgIpc) is 2.36. The molecule has 0 fully saturated rings. The second-order valence-electron chi connectivity index (χ2n) is 4.11. The normalized spacial score (nSPS) is 10.6. The van der Waals surface area contributed by atoms with Gasteiger partial charge in [-0.2, -0.15) is 0 Å². The van der Waals surface area contributed by atoms with Gasteiger partial charge < -0.3 is 10.6 Å². The van der Waals surface area contributed by atoms with E-state index >= 15 is 0 Å². The third-order valence-corrected chi connectivity index (χ3v) is 2.42. The number of rotatable bonds is 7. The number of amides is 1. The summed E-state index contributed by atoms with van der Waals surface area (Å²) < 4.78 is 24.1. The number of carbonyl (C=O) groups is 1. The fourth-order valence-electron chi connectivity index (χ4n) is 1.65. The van der Waals surface area contributed by atoms with Crippen LogP contribution in [0.3, 0.4) is 0 Å². The molecule has 0 atom stereocenters. The van der Waals surface area contributed by atoms with E-state index < -0.39 is 18.9 Å². The Morgan fingerprint density at radius 3 is 2.68 bits per heavy atom. The molecule has 1 rings (SSSR count). The Morgan fingerprint density at radius 2 is 2.11 bits per heavy atom. The molecule has 0 unspecified atom stereocenters. The van der Waals surface area contributed by atoms with Crippen LogP contribution in [0.5, 0.6) is 0 Å². The van der Waals surface area contributed by atoms with Crippen LogP contribution >= 0.6 is 0 Å². The van der Waals surface area contributed by atoms with Crippen LogP contribution in [0.4, 0.5) is 14.6 Å². The lowest BCUT2D eigenvalue weighted by atomic mass is 10.1. The molecule has 6 heteroatoms.